The monoisotopic (exact) mass is 1040 g/mol. The second kappa shape index (κ2) is 22.2. The fourth-order valence-corrected chi connectivity index (χ4v) is 11.0. The fourth-order valence-electron chi connectivity index (χ4n) is 11.0. The Morgan fingerprint density at radius 3 is 2.59 bits per heavy atom. The minimum absolute atomic E-state index is 0.0241. The molecule has 396 valence electrons. The highest BCUT2D eigenvalue weighted by molar-refractivity contribution is 6.08. The number of hydrogen-bond acceptors (Lipinski definition) is 14. The number of nitrogens with one attached hydrogen (secondary N) is 3. The molecule has 5 aliphatic rings. The molecule has 75 heavy (non-hydrogen) atoms. The van der Waals surface area contributed by atoms with E-state index in [1.807, 2.05) is 6.07 Å². The highest BCUT2D eigenvalue weighted by atomic mass is 19.3. The highest BCUT2D eigenvalue weighted by Gasteiger charge is 2.41. The van der Waals surface area contributed by atoms with E-state index in [4.69, 9.17) is 19.2 Å². The molecule has 4 saturated heterocycles. The van der Waals surface area contributed by atoms with Gasteiger partial charge >= 0.3 is 11.8 Å². The van der Waals surface area contributed by atoms with Crippen LogP contribution in [-0.2, 0) is 35.6 Å². The zero-order valence-electron chi connectivity index (χ0n) is 41.5. The van der Waals surface area contributed by atoms with Crippen molar-refractivity contribution >= 4 is 57.9 Å². The van der Waals surface area contributed by atoms with Gasteiger partial charge in [-0.3, -0.25) is 37.9 Å². The Hall–Kier alpha value is -7.49. The molecule has 10 rings (SSSR count). The Bertz CT molecular complexity index is 3120. The van der Waals surface area contributed by atoms with Gasteiger partial charge in [0.1, 0.15) is 43.9 Å². The van der Waals surface area contributed by atoms with Crippen molar-refractivity contribution in [2.45, 2.75) is 94.5 Å². The van der Waals surface area contributed by atoms with Crippen molar-refractivity contribution in [3.8, 4) is 11.8 Å². The first-order valence-electron chi connectivity index (χ1n) is 25.4. The lowest BCUT2D eigenvalue weighted by atomic mass is 9.85. The molecule has 3 N–H and O–H groups in total. The summed E-state index contributed by atoms with van der Waals surface area (Å²) in [6, 6.07) is 6.26. The number of morpholine rings is 1. The van der Waals surface area contributed by atoms with E-state index in [0.29, 0.717) is 40.6 Å². The molecule has 5 fully saturated rings. The number of alkyl halides is 2. The summed E-state index contributed by atoms with van der Waals surface area (Å²) in [6.07, 6.45) is 8.55. The molecule has 4 aliphatic heterocycles. The van der Waals surface area contributed by atoms with Crippen LogP contribution in [0.5, 0.6) is 0 Å². The van der Waals surface area contributed by atoms with Crippen molar-refractivity contribution in [2.75, 3.05) is 69.4 Å². The molecule has 2 bridgehead atoms. The first-order valence-corrected chi connectivity index (χ1v) is 25.4. The quantitative estimate of drug-likeness (QED) is 0.0727. The number of carbonyl (C=O) groups excluding carboxylic acids is 5. The molecule has 4 aromatic heterocycles. The van der Waals surface area contributed by atoms with Gasteiger partial charge in [0, 0.05) is 52.0 Å². The number of hydrogen-bond donors (Lipinski definition) is 3. The maximum atomic E-state index is 14.4. The molecule has 22 nitrogen and oxygen atoms in total. The minimum atomic E-state index is -2.89. The normalized spacial score (nSPS) is 22.2. The van der Waals surface area contributed by atoms with Crippen molar-refractivity contribution in [1.82, 2.24) is 53.9 Å². The summed E-state index contributed by atoms with van der Waals surface area (Å²) < 4.78 is 51.3. The van der Waals surface area contributed by atoms with Gasteiger partial charge in [0.15, 0.2) is 11.3 Å². The Morgan fingerprint density at radius 1 is 1.03 bits per heavy atom. The number of para-hydroxylation sites is 1. The SMILES string of the molecule is C=CCOC(=O)NCC(=O)NCN1C(=O)CCC(n2c(=O)n(C)c3c(C#CCOC4CCN(CC5CCC(n6cc(NC(=O)c7cnn8ccc(N9C[C@H]%10C[C@@H]9CO%10)nc78)c(C(F)F)n6)CC5)CC4)cccc32)C1=O. The number of fused-ring (bicyclic) bond motifs is 4. The summed E-state index contributed by atoms with van der Waals surface area (Å²) in [5, 5.41) is 16.0. The number of carbonyl (C=O) groups is 5. The summed E-state index contributed by atoms with van der Waals surface area (Å²) in [4.78, 5) is 88.1. The minimum Gasteiger partial charge on any atom is -0.445 e. The molecule has 8 heterocycles. The summed E-state index contributed by atoms with van der Waals surface area (Å²) in [6.45, 7) is 6.71. The van der Waals surface area contributed by atoms with E-state index in [0.717, 1.165) is 76.0 Å². The summed E-state index contributed by atoms with van der Waals surface area (Å²) in [7, 11) is 1.60. The zero-order valence-corrected chi connectivity index (χ0v) is 41.5. The number of rotatable bonds is 16. The third kappa shape index (κ3) is 10.9. The lowest BCUT2D eigenvalue weighted by molar-refractivity contribution is -0.151. The number of ether oxygens (including phenoxy) is 3. The van der Waals surface area contributed by atoms with Crippen LogP contribution in [0.4, 0.5) is 25.1 Å². The molecule has 1 aliphatic carbocycles. The summed E-state index contributed by atoms with van der Waals surface area (Å²) in [5.41, 5.74) is 1.13. The number of imide groups is 1. The number of likely N-dealkylation sites (tertiary alicyclic amines) is 2. The molecule has 1 aromatic carbocycles. The van der Waals surface area contributed by atoms with Gasteiger partial charge in [-0.1, -0.05) is 30.6 Å². The molecule has 1 unspecified atom stereocenters. The predicted molar refractivity (Wildman–Crippen MR) is 267 cm³/mol. The first-order chi connectivity index (χ1) is 36.3. The number of imidazole rings is 1. The molecule has 5 aromatic rings. The largest absolute Gasteiger partial charge is 0.445 e. The van der Waals surface area contributed by atoms with Crippen LogP contribution in [-0.4, -0.2) is 150 Å². The number of aromatic nitrogens is 7. The number of piperidine rings is 2. The maximum Gasteiger partial charge on any atom is 0.407 e. The van der Waals surface area contributed by atoms with Crippen LogP contribution in [0.25, 0.3) is 16.7 Å². The van der Waals surface area contributed by atoms with E-state index in [2.05, 4.69) is 54.4 Å². The second-order valence-corrected chi connectivity index (χ2v) is 19.7. The Labute approximate surface area is 429 Å². The van der Waals surface area contributed by atoms with Crippen LogP contribution in [0.2, 0.25) is 0 Å². The Kier molecular flexibility index (Phi) is 15.1. The van der Waals surface area contributed by atoms with Crippen molar-refractivity contribution in [1.29, 1.82) is 0 Å². The molecular formula is C51H59F2N13O9. The van der Waals surface area contributed by atoms with E-state index < -0.39 is 66.8 Å². The van der Waals surface area contributed by atoms with Gasteiger partial charge in [-0.05, 0) is 75.5 Å². The van der Waals surface area contributed by atoms with Gasteiger partial charge in [0.05, 0.1) is 59.4 Å². The van der Waals surface area contributed by atoms with Crippen molar-refractivity contribution in [3.63, 3.8) is 0 Å². The van der Waals surface area contributed by atoms with Crippen molar-refractivity contribution in [2.24, 2.45) is 13.0 Å². The molecule has 0 radical (unpaired) electrons. The number of benzene rings is 1. The number of anilines is 2. The van der Waals surface area contributed by atoms with Gasteiger partial charge in [0.25, 0.3) is 18.2 Å². The van der Waals surface area contributed by atoms with E-state index in [1.54, 1.807) is 36.1 Å². The third-order valence-corrected chi connectivity index (χ3v) is 14.9. The third-order valence-electron chi connectivity index (χ3n) is 14.9. The number of nitrogens with zero attached hydrogens (tertiary/aromatic N) is 10. The summed E-state index contributed by atoms with van der Waals surface area (Å²) >= 11 is 0. The predicted octanol–water partition coefficient (Wildman–Crippen LogP) is 3.69. The summed E-state index contributed by atoms with van der Waals surface area (Å²) in [5.74, 6) is 5.03. The van der Waals surface area contributed by atoms with Crippen LogP contribution in [0.15, 0.2) is 60.3 Å². The van der Waals surface area contributed by atoms with E-state index in [-0.39, 0.29) is 61.6 Å². The molecular weight excluding hydrogens is 977 g/mol. The maximum absolute atomic E-state index is 14.4. The molecule has 24 heteroatoms. The number of amides is 5. The average Bonchev–Trinajstić information content (AvgIpc) is 4.27. The van der Waals surface area contributed by atoms with Crippen LogP contribution >= 0.6 is 0 Å². The molecule has 3 atom stereocenters. The number of alkyl carbamates (subject to hydrolysis) is 1. The van der Waals surface area contributed by atoms with Crippen LogP contribution in [0.1, 0.15) is 97.9 Å². The topological polar surface area (TPSA) is 234 Å². The Morgan fingerprint density at radius 2 is 1.84 bits per heavy atom. The Balaban J connectivity index is 0.682. The van der Waals surface area contributed by atoms with Gasteiger partial charge in [-0.2, -0.15) is 10.2 Å². The number of halogens is 2. The van der Waals surface area contributed by atoms with Gasteiger partial charge < -0.3 is 40.0 Å². The smallest absolute Gasteiger partial charge is 0.407 e. The lowest BCUT2D eigenvalue weighted by Gasteiger charge is -2.36. The fraction of sp³-hybridized carbons (Fsp3) is 0.510. The van der Waals surface area contributed by atoms with E-state index >= 15 is 0 Å². The standard InChI is InChI=1S/C51H59F2N13O9/c1-3-21-74-50(71)54-25-42(67)55-30-63-43(68)14-13-40(49(63)70)66-39-8-4-6-32(45(39)60(2)51(66)72)7-5-22-73-35-15-18-61(19-16-35)26-31-9-11-33(12-10-31)65-28-38(44(59-65)46(52)53)57-48(69)37-24-56-64-20-17-41(58-47(37)64)62-27-36-23-34(62)29-75-36/h3-4,6,8,17,20,24,28,31,33-36,40,46H,1,9-16,18-19,21-23,25-27,29-30H2,2H3,(H,54,71)(H,55,67)(H,57,69)/t31?,33?,34-,36-,40?/m1/s1. The van der Waals surface area contributed by atoms with Crippen LogP contribution < -0.4 is 26.5 Å². The van der Waals surface area contributed by atoms with E-state index in [9.17, 15) is 37.5 Å². The van der Waals surface area contributed by atoms with Gasteiger partial charge in [-0.25, -0.2) is 27.9 Å². The number of aryl methyl sites for hydroxylation is 1. The van der Waals surface area contributed by atoms with Crippen molar-refractivity contribution < 1.29 is 47.0 Å². The van der Waals surface area contributed by atoms with Crippen LogP contribution in [0, 0.1) is 17.8 Å². The molecule has 1 saturated carbocycles. The van der Waals surface area contributed by atoms with Gasteiger partial charge in [-0.15, -0.1) is 0 Å². The first kappa shape index (κ1) is 51.0. The van der Waals surface area contributed by atoms with Crippen molar-refractivity contribution in [3.05, 3.63) is 82.8 Å². The van der Waals surface area contributed by atoms with Gasteiger partial charge in [0.2, 0.25) is 11.8 Å². The van der Waals surface area contributed by atoms with E-state index in [1.165, 1.54) is 32.1 Å². The second-order valence-electron chi connectivity index (χ2n) is 19.7. The molecule has 5 amide bonds. The highest BCUT2D eigenvalue weighted by Crippen LogP contribution is 2.37. The molecule has 0 spiro atoms. The lowest BCUT2D eigenvalue weighted by Crippen LogP contribution is -2.52. The average molecular weight is 1040 g/mol. The van der Waals surface area contributed by atoms with Crippen LogP contribution in [0.3, 0.4) is 0 Å². The zero-order chi connectivity index (χ0) is 52.3.